The highest BCUT2D eigenvalue weighted by Crippen LogP contribution is 2.22. The van der Waals surface area contributed by atoms with Gasteiger partial charge in [-0.3, -0.25) is 0 Å². The number of aliphatic hydroxyl groups excluding tert-OH is 3. The summed E-state index contributed by atoms with van der Waals surface area (Å²) in [4.78, 5) is 0. The second-order valence-electron chi connectivity index (χ2n) is 3.24. The lowest BCUT2D eigenvalue weighted by Crippen LogP contribution is -2.58. The summed E-state index contributed by atoms with van der Waals surface area (Å²) in [6.45, 7) is 1.39. The minimum atomic E-state index is -0.985. The third kappa shape index (κ3) is 2.00. The molecule has 13 heavy (non-hydrogen) atoms. The van der Waals surface area contributed by atoms with Crippen LogP contribution in [0.2, 0.25) is 0 Å². The van der Waals surface area contributed by atoms with Gasteiger partial charge in [-0.05, 0) is 6.92 Å². The molecule has 0 bridgehead atoms. The van der Waals surface area contributed by atoms with Gasteiger partial charge in [-0.25, -0.2) is 0 Å². The number of methoxy groups -OCH3 is 1. The predicted molar refractivity (Wildman–Crippen MR) is 44.2 cm³/mol. The van der Waals surface area contributed by atoms with Gasteiger partial charge in [-0.1, -0.05) is 0 Å². The lowest BCUT2D eigenvalue weighted by Gasteiger charge is -2.40. The van der Waals surface area contributed by atoms with E-state index in [1.54, 1.807) is 6.92 Å². The standard InChI is InChI=1S/C8H16O5/c1-4-6(10)8(12-2)7(11)5(3-9)13-4/h4-11H,3H2,1-2H3/t4?,5?,6?,7-,8?/m0/s1. The Morgan fingerprint density at radius 1 is 1.31 bits per heavy atom. The van der Waals surface area contributed by atoms with Crippen molar-refractivity contribution in [2.45, 2.75) is 37.4 Å². The fraction of sp³-hybridized carbons (Fsp3) is 1.00. The summed E-state index contributed by atoms with van der Waals surface area (Å²) >= 11 is 0. The van der Waals surface area contributed by atoms with Crippen molar-refractivity contribution >= 4 is 0 Å². The summed E-state index contributed by atoms with van der Waals surface area (Å²) in [7, 11) is 1.41. The highest BCUT2D eigenvalue weighted by Gasteiger charge is 2.42. The summed E-state index contributed by atoms with van der Waals surface area (Å²) < 4.78 is 10.1. The minimum absolute atomic E-state index is 0.280. The Bertz CT molecular complexity index is 163. The van der Waals surface area contributed by atoms with Crippen LogP contribution < -0.4 is 0 Å². The maximum absolute atomic E-state index is 9.55. The molecule has 0 aliphatic carbocycles. The zero-order valence-electron chi connectivity index (χ0n) is 7.75. The zero-order valence-corrected chi connectivity index (χ0v) is 7.75. The first kappa shape index (κ1) is 10.9. The molecule has 0 aromatic heterocycles. The smallest absolute Gasteiger partial charge is 0.114 e. The van der Waals surface area contributed by atoms with E-state index in [4.69, 9.17) is 14.6 Å². The molecular weight excluding hydrogens is 176 g/mol. The lowest BCUT2D eigenvalue weighted by atomic mass is 9.96. The third-order valence-corrected chi connectivity index (χ3v) is 2.38. The van der Waals surface area contributed by atoms with Crippen molar-refractivity contribution in [3.8, 4) is 0 Å². The predicted octanol–water partition coefficient (Wildman–Crippen LogP) is -1.50. The summed E-state index contributed by atoms with van der Waals surface area (Å²) in [5, 5.41) is 27.9. The Morgan fingerprint density at radius 2 is 1.92 bits per heavy atom. The van der Waals surface area contributed by atoms with E-state index < -0.39 is 30.5 Å². The first-order valence-corrected chi connectivity index (χ1v) is 4.27. The van der Waals surface area contributed by atoms with Crippen molar-refractivity contribution in [1.29, 1.82) is 0 Å². The minimum Gasteiger partial charge on any atom is -0.394 e. The lowest BCUT2D eigenvalue weighted by molar-refractivity contribution is -0.231. The Labute approximate surface area is 76.9 Å². The molecule has 0 aromatic carbocycles. The molecule has 0 amide bonds. The van der Waals surface area contributed by atoms with Gasteiger partial charge in [0.2, 0.25) is 0 Å². The molecule has 1 aliphatic rings. The first-order valence-electron chi connectivity index (χ1n) is 4.27. The molecular formula is C8H16O5. The Hall–Kier alpha value is -0.200. The third-order valence-electron chi connectivity index (χ3n) is 2.38. The molecule has 1 aliphatic heterocycles. The van der Waals surface area contributed by atoms with Gasteiger partial charge in [-0.2, -0.15) is 0 Å². The largest absolute Gasteiger partial charge is 0.394 e. The summed E-state index contributed by atoms with van der Waals surface area (Å²) in [5.41, 5.74) is 0. The summed E-state index contributed by atoms with van der Waals surface area (Å²) in [5.74, 6) is 0. The summed E-state index contributed by atoms with van der Waals surface area (Å²) in [6, 6.07) is 0. The fourth-order valence-corrected chi connectivity index (χ4v) is 1.55. The van der Waals surface area contributed by atoms with Gasteiger partial charge >= 0.3 is 0 Å². The van der Waals surface area contributed by atoms with Crippen LogP contribution >= 0.6 is 0 Å². The molecule has 4 unspecified atom stereocenters. The van der Waals surface area contributed by atoms with Crippen LogP contribution in [0, 0.1) is 0 Å². The molecule has 5 atom stereocenters. The first-order chi connectivity index (χ1) is 6.11. The SMILES string of the molecule is COC1C(O)C(C)OC(CO)[C@@H]1O. The van der Waals surface area contributed by atoms with E-state index in [2.05, 4.69) is 0 Å². The molecule has 0 aromatic rings. The molecule has 3 N–H and O–H groups in total. The number of hydrogen-bond acceptors (Lipinski definition) is 5. The van der Waals surface area contributed by atoms with Gasteiger partial charge in [0.1, 0.15) is 24.4 Å². The van der Waals surface area contributed by atoms with Crippen LogP contribution in [0.25, 0.3) is 0 Å². The topological polar surface area (TPSA) is 79.2 Å². The van der Waals surface area contributed by atoms with Crippen molar-refractivity contribution in [3.63, 3.8) is 0 Å². The van der Waals surface area contributed by atoms with Crippen molar-refractivity contribution in [2.24, 2.45) is 0 Å². The quantitative estimate of drug-likeness (QED) is 0.496. The second kappa shape index (κ2) is 4.34. The van der Waals surface area contributed by atoms with Gasteiger partial charge in [0.25, 0.3) is 0 Å². The van der Waals surface area contributed by atoms with Crippen molar-refractivity contribution in [1.82, 2.24) is 0 Å². The van der Waals surface area contributed by atoms with E-state index in [1.165, 1.54) is 7.11 Å². The highest BCUT2D eigenvalue weighted by molar-refractivity contribution is 4.91. The molecule has 1 saturated heterocycles. The van der Waals surface area contributed by atoms with Crippen LogP contribution in [0.5, 0.6) is 0 Å². The number of ether oxygens (including phenoxy) is 2. The number of aliphatic hydroxyl groups is 3. The maximum atomic E-state index is 9.55. The maximum Gasteiger partial charge on any atom is 0.114 e. The van der Waals surface area contributed by atoms with Crippen LogP contribution in [-0.4, -0.2) is 59.6 Å². The monoisotopic (exact) mass is 192 g/mol. The Kier molecular flexibility index (Phi) is 3.63. The van der Waals surface area contributed by atoms with Crippen LogP contribution in [-0.2, 0) is 9.47 Å². The molecule has 0 saturated carbocycles. The van der Waals surface area contributed by atoms with E-state index in [1.807, 2.05) is 0 Å². The van der Waals surface area contributed by atoms with E-state index in [-0.39, 0.29) is 6.61 Å². The van der Waals surface area contributed by atoms with E-state index in [9.17, 15) is 10.2 Å². The fourth-order valence-electron chi connectivity index (χ4n) is 1.55. The molecule has 5 nitrogen and oxygen atoms in total. The number of hydrogen-bond donors (Lipinski definition) is 3. The van der Waals surface area contributed by atoms with Crippen LogP contribution in [0.1, 0.15) is 6.92 Å². The highest BCUT2D eigenvalue weighted by atomic mass is 16.6. The average molecular weight is 192 g/mol. The van der Waals surface area contributed by atoms with Crippen LogP contribution in [0.4, 0.5) is 0 Å². The molecule has 1 heterocycles. The molecule has 1 fully saturated rings. The van der Waals surface area contributed by atoms with Gasteiger partial charge in [0, 0.05) is 7.11 Å². The van der Waals surface area contributed by atoms with Gasteiger partial charge in [-0.15, -0.1) is 0 Å². The van der Waals surface area contributed by atoms with Crippen molar-refractivity contribution < 1.29 is 24.8 Å². The summed E-state index contributed by atoms with van der Waals surface area (Å²) in [6.07, 6.45) is -3.65. The number of rotatable bonds is 2. The normalized spacial score (nSPS) is 46.4. The van der Waals surface area contributed by atoms with Gasteiger partial charge < -0.3 is 24.8 Å². The average Bonchev–Trinajstić information content (AvgIpc) is 2.12. The Balaban J connectivity index is 2.69. The Morgan fingerprint density at radius 3 is 2.38 bits per heavy atom. The second-order valence-corrected chi connectivity index (χ2v) is 3.24. The molecule has 78 valence electrons. The molecule has 5 heteroatoms. The molecule has 0 radical (unpaired) electrons. The van der Waals surface area contributed by atoms with E-state index in [0.717, 1.165) is 0 Å². The van der Waals surface area contributed by atoms with Crippen LogP contribution in [0.15, 0.2) is 0 Å². The van der Waals surface area contributed by atoms with E-state index >= 15 is 0 Å². The van der Waals surface area contributed by atoms with Gasteiger partial charge in [0.15, 0.2) is 0 Å². The molecule has 0 spiro atoms. The van der Waals surface area contributed by atoms with Crippen molar-refractivity contribution in [3.05, 3.63) is 0 Å². The molecule has 1 rings (SSSR count). The zero-order chi connectivity index (χ0) is 10.0. The van der Waals surface area contributed by atoms with Crippen LogP contribution in [0.3, 0.4) is 0 Å². The van der Waals surface area contributed by atoms with E-state index in [0.29, 0.717) is 0 Å². The van der Waals surface area contributed by atoms with Gasteiger partial charge in [0.05, 0.1) is 12.7 Å². The van der Waals surface area contributed by atoms with Crippen molar-refractivity contribution in [2.75, 3.05) is 13.7 Å².